The number of para-hydroxylation sites is 1. The number of hydrogen-bond donors (Lipinski definition) is 2. The van der Waals surface area contributed by atoms with E-state index >= 15 is 0 Å². The van der Waals surface area contributed by atoms with Crippen LogP contribution in [0.1, 0.15) is 42.5 Å². The highest BCUT2D eigenvalue weighted by Crippen LogP contribution is 2.34. The molecule has 2 heterocycles. The van der Waals surface area contributed by atoms with E-state index in [9.17, 15) is 9.59 Å². The molecule has 2 bridgehead atoms. The number of anilines is 1. The Morgan fingerprint density at radius 1 is 1.03 bits per heavy atom. The summed E-state index contributed by atoms with van der Waals surface area (Å²) in [6.45, 7) is 0.404. The zero-order chi connectivity index (χ0) is 20.9. The first-order valence-corrected chi connectivity index (χ1v) is 10.7. The molecule has 4 rings (SSSR count). The average Bonchev–Trinajstić information content (AvgIpc) is 2.75. The minimum Gasteiger partial charge on any atom is -1.00 e. The van der Waals surface area contributed by atoms with Crippen LogP contribution in [0.25, 0.3) is 0 Å². The number of fused-ring (bicyclic) bond motifs is 2. The SMILES string of the molecule is COc1cccc(C(=O)NC2CC3CCCC(C2)N3CC(=O)Nc2ccccc2)c1.[Cl-]. The molecule has 0 spiro atoms. The number of ether oxygens (including phenoxy) is 1. The molecule has 2 aliphatic heterocycles. The van der Waals surface area contributed by atoms with Gasteiger partial charge in [0, 0.05) is 29.4 Å². The number of carbonyl (C=O) groups excluding carboxylic acids is 2. The summed E-state index contributed by atoms with van der Waals surface area (Å²) in [5, 5.41) is 6.20. The number of benzene rings is 2. The second-order valence-electron chi connectivity index (χ2n) is 8.20. The van der Waals surface area contributed by atoms with E-state index in [0.29, 0.717) is 29.9 Å². The maximum absolute atomic E-state index is 12.7. The molecule has 7 heteroatoms. The molecule has 2 unspecified atom stereocenters. The van der Waals surface area contributed by atoms with Crippen molar-refractivity contribution in [3.8, 4) is 5.75 Å². The van der Waals surface area contributed by atoms with Gasteiger partial charge in [0.05, 0.1) is 13.7 Å². The first-order chi connectivity index (χ1) is 14.6. The van der Waals surface area contributed by atoms with Crippen molar-refractivity contribution in [1.82, 2.24) is 10.2 Å². The number of piperidine rings is 2. The smallest absolute Gasteiger partial charge is 0.251 e. The van der Waals surface area contributed by atoms with Crippen LogP contribution in [0, 0.1) is 0 Å². The van der Waals surface area contributed by atoms with Crippen LogP contribution in [0.3, 0.4) is 0 Å². The Morgan fingerprint density at radius 2 is 1.74 bits per heavy atom. The zero-order valence-corrected chi connectivity index (χ0v) is 18.5. The largest absolute Gasteiger partial charge is 1.00 e. The molecule has 0 radical (unpaired) electrons. The second-order valence-corrected chi connectivity index (χ2v) is 8.20. The maximum Gasteiger partial charge on any atom is 0.251 e. The van der Waals surface area contributed by atoms with Gasteiger partial charge in [-0.05, 0) is 56.0 Å². The Bertz CT molecular complexity index is 879. The second kappa shape index (κ2) is 10.6. The van der Waals surface area contributed by atoms with Gasteiger partial charge in [-0.15, -0.1) is 0 Å². The summed E-state index contributed by atoms with van der Waals surface area (Å²) in [4.78, 5) is 27.6. The lowest BCUT2D eigenvalue weighted by atomic mass is 9.81. The number of hydrogen-bond acceptors (Lipinski definition) is 4. The third kappa shape index (κ3) is 5.77. The van der Waals surface area contributed by atoms with E-state index in [-0.39, 0.29) is 30.3 Å². The minimum atomic E-state index is -0.0627. The normalized spacial score (nSPS) is 22.7. The van der Waals surface area contributed by atoms with Gasteiger partial charge in [-0.3, -0.25) is 14.5 Å². The summed E-state index contributed by atoms with van der Waals surface area (Å²) < 4.78 is 5.22. The summed E-state index contributed by atoms with van der Waals surface area (Å²) >= 11 is 0. The van der Waals surface area contributed by atoms with Crippen molar-refractivity contribution < 1.29 is 26.7 Å². The third-order valence-electron chi connectivity index (χ3n) is 6.18. The first kappa shape index (κ1) is 23.1. The Morgan fingerprint density at radius 3 is 2.42 bits per heavy atom. The van der Waals surface area contributed by atoms with E-state index in [2.05, 4.69) is 15.5 Å². The van der Waals surface area contributed by atoms with Gasteiger partial charge in [0.15, 0.2) is 0 Å². The average molecular weight is 443 g/mol. The molecule has 2 saturated heterocycles. The van der Waals surface area contributed by atoms with Crippen LogP contribution < -0.4 is 27.8 Å². The van der Waals surface area contributed by atoms with Gasteiger partial charge in [-0.25, -0.2) is 0 Å². The van der Waals surface area contributed by atoms with Crippen molar-refractivity contribution in [2.45, 2.75) is 50.2 Å². The lowest BCUT2D eigenvalue weighted by molar-refractivity contribution is -0.120. The van der Waals surface area contributed by atoms with Gasteiger partial charge >= 0.3 is 0 Å². The molecule has 6 nitrogen and oxygen atoms in total. The van der Waals surface area contributed by atoms with Crippen molar-refractivity contribution >= 4 is 17.5 Å². The molecule has 31 heavy (non-hydrogen) atoms. The first-order valence-electron chi connectivity index (χ1n) is 10.7. The van der Waals surface area contributed by atoms with Crippen LogP contribution in [0.4, 0.5) is 5.69 Å². The molecule has 2 N–H and O–H groups in total. The minimum absolute atomic E-state index is 0. The monoisotopic (exact) mass is 442 g/mol. The molecule has 2 amide bonds. The van der Waals surface area contributed by atoms with Crippen LogP contribution in [0.5, 0.6) is 5.75 Å². The van der Waals surface area contributed by atoms with Gasteiger partial charge in [0.25, 0.3) is 5.91 Å². The molecular weight excluding hydrogens is 414 g/mol. The molecule has 2 aliphatic rings. The molecule has 2 aromatic rings. The number of methoxy groups -OCH3 is 1. The molecule has 2 fully saturated rings. The fourth-order valence-electron chi connectivity index (χ4n) is 4.78. The number of halogens is 1. The number of carbonyl (C=O) groups is 2. The highest BCUT2D eigenvalue weighted by Gasteiger charge is 2.39. The fourth-order valence-corrected chi connectivity index (χ4v) is 4.78. The third-order valence-corrected chi connectivity index (χ3v) is 6.18. The van der Waals surface area contributed by atoms with Crippen LogP contribution in [-0.2, 0) is 4.79 Å². The van der Waals surface area contributed by atoms with Crippen LogP contribution >= 0.6 is 0 Å². The van der Waals surface area contributed by atoms with Gasteiger partial charge in [0.2, 0.25) is 5.91 Å². The Balaban J connectivity index is 0.00000272. The van der Waals surface area contributed by atoms with Crippen molar-refractivity contribution in [2.24, 2.45) is 0 Å². The maximum atomic E-state index is 12.7. The summed E-state index contributed by atoms with van der Waals surface area (Å²) in [5.74, 6) is 0.642. The van der Waals surface area contributed by atoms with E-state index in [0.717, 1.165) is 31.4 Å². The molecule has 2 aromatic carbocycles. The highest BCUT2D eigenvalue weighted by atomic mass is 35.5. The summed E-state index contributed by atoms with van der Waals surface area (Å²) in [6.07, 6.45) is 5.08. The van der Waals surface area contributed by atoms with Gasteiger partial charge in [0.1, 0.15) is 5.75 Å². The number of nitrogens with zero attached hydrogens (tertiary/aromatic N) is 1. The Labute approximate surface area is 189 Å². The fraction of sp³-hybridized carbons (Fsp3) is 0.417. The van der Waals surface area contributed by atoms with Gasteiger partial charge < -0.3 is 27.8 Å². The molecule has 2 atom stereocenters. The summed E-state index contributed by atoms with van der Waals surface area (Å²) in [5.41, 5.74) is 1.44. The van der Waals surface area contributed by atoms with Crippen molar-refractivity contribution in [3.05, 3.63) is 60.2 Å². The number of rotatable bonds is 6. The van der Waals surface area contributed by atoms with Crippen molar-refractivity contribution in [3.63, 3.8) is 0 Å². The molecule has 0 aromatic heterocycles. The predicted molar refractivity (Wildman–Crippen MR) is 117 cm³/mol. The van der Waals surface area contributed by atoms with Crippen molar-refractivity contribution in [1.29, 1.82) is 0 Å². The topological polar surface area (TPSA) is 70.7 Å². The van der Waals surface area contributed by atoms with E-state index in [1.165, 1.54) is 6.42 Å². The Hall–Kier alpha value is -2.57. The van der Waals surface area contributed by atoms with E-state index in [1.807, 2.05) is 48.5 Å². The predicted octanol–water partition coefficient (Wildman–Crippen LogP) is 0.453. The molecule has 0 aliphatic carbocycles. The standard InChI is InChI=1S/C24H29N3O3.ClH/c1-30-22-12-5-7-17(13-22)24(29)26-19-14-20-10-6-11-21(15-19)27(20)16-23(28)25-18-8-3-2-4-9-18;/h2-5,7-9,12-13,19-21H,6,10-11,14-16H2,1H3,(H,25,28)(H,26,29);1H/p-1. The van der Waals surface area contributed by atoms with E-state index < -0.39 is 0 Å². The zero-order valence-electron chi connectivity index (χ0n) is 17.7. The van der Waals surface area contributed by atoms with Crippen LogP contribution in [-0.4, -0.2) is 48.5 Å². The van der Waals surface area contributed by atoms with Crippen LogP contribution in [0.2, 0.25) is 0 Å². The van der Waals surface area contributed by atoms with Crippen molar-refractivity contribution in [2.75, 3.05) is 19.0 Å². The number of nitrogens with one attached hydrogen (secondary N) is 2. The quantitative estimate of drug-likeness (QED) is 0.681. The molecule has 166 valence electrons. The van der Waals surface area contributed by atoms with Crippen LogP contribution in [0.15, 0.2) is 54.6 Å². The highest BCUT2D eigenvalue weighted by molar-refractivity contribution is 5.95. The van der Waals surface area contributed by atoms with Gasteiger partial charge in [-0.2, -0.15) is 0 Å². The van der Waals surface area contributed by atoms with Gasteiger partial charge in [-0.1, -0.05) is 30.7 Å². The summed E-state index contributed by atoms with van der Waals surface area (Å²) in [6, 6.07) is 17.6. The molecule has 0 saturated carbocycles. The molecular formula is C24H29ClN3O3-. The lowest BCUT2D eigenvalue weighted by Gasteiger charge is -2.48. The number of amides is 2. The van der Waals surface area contributed by atoms with E-state index in [4.69, 9.17) is 4.74 Å². The lowest BCUT2D eigenvalue weighted by Crippen LogP contribution is -3.00. The summed E-state index contributed by atoms with van der Waals surface area (Å²) in [7, 11) is 1.60. The Kier molecular flexibility index (Phi) is 7.93. The van der Waals surface area contributed by atoms with E-state index in [1.54, 1.807) is 13.2 Å².